The lowest BCUT2D eigenvalue weighted by atomic mass is 9.86. The Kier molecular flexibility index (Phi) is 7.15. The van der Waals surface area contributed by atoms with E-state index in [1.54, 1.807) is 11.3 Å². The number of hydrogen-bond donors (Lipinski definition) is 1. The van der Waals surface area contributed by atoms with E-state index in [9.17, 15) is 4.79 Å². The standard InChI is InChI=1S/C25H27BN2O3S/c1-16-3-12-23(31-14-17-4-8-19(26)9-5-17)21(13-16)22-15-32-25(28-22)27-20-10-6-18(7-11-20)24(29)30-2/h3-5,8-9,12-13,15,18,20H,6-7,10-11,14H2,1-2H3,(H,27,28). The number of hydrogen-bond acceptors (Lipinski definition) is 6. The molecule has 2 radical (unpaired) electrons. The molecule has 1 fully saturated rings. The number of carbonyl (C=O) groups is 1. The van der Waals surface area contributed by atoms with Crippen molar-refractivity contribution < 1.29 is 14.3 Å². The van der Waals surface area contributed by atoms with E-state index in [4.69, 9.17) is 22.3 Å². The van der Waals surface area contributed by atoms with Gasteiger partial charge in [0.25, 0.3) is 0 Å². The first-order valence-electron chi connectivity index (χ1n) is 10.9. The lowest BCUT2D eigenvalue weighted by Gasteiger charge is -2.27. The van der Waals surface area contributed by atoms with Gasteiger partial charge in [-0.2, -0.15) is 0 Å². The average Bonchev–Trinajstić information content (AvgIpc) is 3.27. The van der Waals surface area contributed by atoms with Gasteiger partial charge in [0, 0.05) is 17.0 Å². The van der Waals surface area contributed by atoms with Crippen LogP contribution in [0, 0.1) is 12.8 Å². The molecule has 5 nitrogen and oxygen atoms in total. The van der Waals surface area contributed by atoms with Gasteiger partial charge in [0.1, 0.15) is 20.2 Å². The second-order valence-electron chi connectivity index (χ2n) is 8.28. The van der Waals surface area contributed by atoms with Crippen LogP contribution in [0.3, 0.4) is 0 Å². The van der Waals surface area contributed by atoms with Crippen molar-refractivity contribution in [1.29, 1.82) is 0 Å². The topological polar surface area (TPSA) is 60.5 Å². The highest BCUT2D eigenvalue weighted by Crippen LogP contribution is 2.35. The molecule has 0 unspecified atom stereocenters. The fourth-order valence-corrected chi connectivity index (χ4v) is 4.81. The van der Waals surface area contributed by atoms with Gasteiger partial charge in [-0.25, -0.2) is 4.98 Å². The van der Waals surface area contributed by atoms with Crippen molar-refractivity contribution in [2.45, 2.75) is 45.3 Å². The van der Waals surface area contributed by atoms with Crippen molar-refractivity contribution in [1.82, 2.24) is 4.98 Å². The molecule has 0 aliphatic heterocycles. The molecule has 2 aromatic carbocycles. The van der Waals surface area contributed by atoms with Gasteiger partial charge in [-0.3, -0.25) is 4.79 Å². The summed E-state index contributed by atoms with van der Waals surface area (Å²) in [5.41, 5.74) is 4.85. The van der Waals surface area contributed by atoms with Crippen molar-refractivity contribution in [3.8, 4) is 17.0 Å². The minimum atomic E-state index is -0.0917. The zero-order valence-corrected chi connectivity index (χ0v) is 19.3. The van der Waals surface area contributed by atoms with Gasteiger partial charge >= 0.3 is 5.97 Å². The fourth-order valence-electron chi connectivity index (χ4n) is 4.02. The molecule has 1 heterocycles. The van der Waals surface area contributed by atoms with Gasteiger partial charge in [-0.15, -0.1) is 11.3 Å². The van der Waals surface area contributed by atoms with Crippen molar-refractivity contribution in [3.05, 3.63) is 59.0 Å². The summed E-state index contributed by atoms with van der Waals surface area (Å²) in [6.07, 6.45) is 3.58. The summed E-state index contributed by atoms with van der Waals surface area (Å²) in [6, 6.07) is 14.2. The van der Waals surface area contributed by atoms with E-state index < -0.39 is 0 Å². The smallest absolute Gasteiger partial charge is 0.308 e. The van der Waals surface area contributed by atoms with Crippen molar-refractivity contribution in [2.24, 2.45) is 5.92 Å². The third-order valence-electron chi connectivity index (χ3n) is 5.88. The van der Waals surface area contributed by atoms with Crippen LogP contribution < -0.4 is 15.5 Å². The highest BCUT2D eigenvalue weighted by molar-refractivity contribution is 7.14. The van der Waals surface area contributed by atoms with E-state index >= 15 is 0 Å². The molecular weight excluding hydrogens is 419 g/mol. The Hall–Kier alpha value is -2.80. The first kappa shape index (κ1) is 22.4. The van der Waals surface area contributed by atoms with Crippen LogP contribution in [0.5, 0.6) is 5.75 Å². The van der Waals surface area contributed by atoms with Crippen LogP contribution in [0.1, 0.15) is 36.8 Å². The highest BCUT2D eigenvalue weighted by Gasteiger charge is 2.27. The molecule has 4 rings (SSSR count). The molecule has 7 heteroatoms. The Morgan fingerprint density at radius 1 is 1.16 bits per heavy atom. The summed E-state index contributed by atoms with van der Waals surface area (Å²) in [5, 5.41) is 6.51. The van der Waals surface area contributed by atoms with Gasteiger partial charge in [0.15, 0.2) is 5.13 Å². The van der Waals surface area contributed by atoms with Crippen molar-refractivity contribution >= 4 is 35.7 Å². The first-order valence-corrected chi connectivity index (χ1v) is 11.8. The third-order valence-corrected chi connectivity index (χ3v) is 6.65. The molecule has 0 saturated heterocycles. The average molecular weight is 446 g/mol. The number of anilines is 1. The van der Waals surface area contributed by atoms with E-state index in [0.29, 0.717) is 12.6 Å². The summed E-state index contributed by atoms with van der Waals surface area (Å²) < 4.78 is 11.0. The molecule has 0 amide bonds. The Bertz CT molecular complexity index is 1060. The quantitative estimate of drug-likeness (QED) is 0.424. The Balaban J connectivity index is 1.42. The molecule has 3 aromatic rings. The first-order chi connectivity index (χ1) is 15.5. The Morgan fingerprint density at radius 3 is 2.62 bits per heavy atom. The van der Waals surface area contributed by atoms with E-state index in [1.807, 2.05) is 36.4 Å². The van der Waals surface area contributed by atoms with Crippen LogP contribution in [0.15, 0.2) is 47.8 Å². The van der Waals surface area contributed by atoms with Gasteiger partial charge in [0.2, 0.25) is 0 Å². The number of nitrogens with one attached hydrogen (secondary N) is 1. The van der Waals surface area contributed by atoms with Gasteiger partial charge in [0.05, 0.1) is 18.7 Å². The number of ether oxygens (including phenoxy) is 2. The van der Waals surface area contributed by atoms with Crippen molar-refractivity contribution in [2.75, 3.05) is 12.4 Å². The van der Waals surface area contributed by atoms with Crippen LogP contribution >= 0.6 is 11.3 Å². The summed E-state index contributed by atoms with van der Waals surface area (Å²) in [7, 11) is 7.23. The molecule has 32 heavy (non-hydrogen) atoms. The Labute approximate surface area is 194 Å². The zero-order valence-electron chi connectivity index (χ0n) is 18.5. The van der Waals surface area contributed by atoms with Gasteiger partial charge in [-0.05, 0) is 50.3 Å². The molecule has 1 aromatic heterocycles. The number of esters is 1. The molecule has 0 atom stereocenters. The second kappa shape index (κ2) is 10.2. The zero-order chi connectivity index (χ0) is 22.5. The summed E-state index contributed by atoms with van der Waals surface area (Å²) >= 11 is 1.60. The number of aromatic nitrogens is 1. The van der Waals surface area contributed by atoms with Crippen LogP contribution in [0.4, 0.5) is 5.13 Å². The third kappa shape index (κ3) is 5.51. The minimum Gasteiger partial charge on any atom is -0.488 e. The molecule has 1 saturated carbocycles. The summed E-state index contributed by atoms with van der Waals surface area (Å²) in [6.45, 7) is 2.54. The number of benzene rings is 2. The SMILES string of the molecule is [B]c1ccc(COc2ccc(C)cc2-c2csc(NC3CCC(C(=O)OC)CC3)n2)cc1. The lowest BCUT2D eigenvalue weighted by molar-refractivity contribution is -0.146. The predicted molar refractivity (Wildman–Crippen MR) is 130 cm³/mol. The summed E-state index contributed by atoms with van der Waals surface area (Å²) in [4.78, 5) is 16.6. The number of aryl methyl sites for hydroxylation is 1. The number of methoxy groups -OCH3 is 1. The maximum atomic E-state index is 11.7. The molecule has 0 bridgehead atoms. The molecular formula is C25H27BN2O3S. The maximum Gasteiger partial charge on any atom is 0.308 e. The van der Waals surface area contributed by atoms with Crippen molar-refractivity contribution in [3.63, 3.8) is 0 Å². The number of thiazole rings is 1. The summed E-state index contributed by atoms with van der Waals surface area (Å²) in [5.74, 6) is 0.742. The van der Waals surface area contributed by atoms with Crippen LogP contribution in [-0.2, 0) is 16.1 Å². The van der Waals surface area contributed by atoms with Gasteiger partial charge < -0.3 is 14.8 Å². The lowest BCUT2D eigenvalue weighted by Crippen LogP contribution is -2.29. The van der Waals surface area contributed by atoms with Crippen LogP contribution in [-0.4, -0.2) is 32.0 Å². The number of carbonyl (C=O) groups excluding carboxylic acids is 1. The largest absolute Gasteiger partial charge is 0.488 e. The Morgan fingerprint density at radius 2 is 1.91 bits per heavy atom. The molecule has 164 valence electrons. The minimum absolute atomic E-state index is 0.0259. The number of nitrogens with zero attached hydrogens (tertiary/aromatic N) is 1. The highest BCUT2D eigenvalue weighted by atomic mass is 32.1. The van der Waals surface area contributed by atoms with E-state index in [-0.39, 0.29) is 11.9 Å². The predicted octanol–water partition coefficient (Wildman–Crippen LogP) is 4.64. The number of rotatable bonds is 7. The van der Waals surface area contributed by atoms with Gasteiger partial charge in [-0.1, -0.05) is 41.4 Å². The van der Waals surface area contributed by atoms with E-state index in [0.717, 1.165) is 64.4 Å². The molecule has 1 aliphatic rings. The van der Waals surface area contributed by atoms with Crippen LogP contribution in [0.2, 0.25) is 0 Å². The molecule has 0 spiro atoms. The maximum absolute atomic E-state index is 11.7. The second-order valence-corrected chi connectivity index (χ2v) is 9.14. The molecule has 1 aliphatic carbocycles. The normalized spacial score (nSPS) is 18.2. The monoisotopic (exact) mass is 446 g/mol. The van der Waals surface area contributed by atoms with Crippen LogP contribution in [0.25, 0.3) is 11.3 Å². The van der Waals surface area contributed by atoms with E-state index in [1.165, 1.54) is 7.11 Å². The molecule has 1 N–H and O–H groups in total. The fraction of sp³-hybridized carbons (Fsp3) is 0.360. The van der Waals surface area contributed by atoms with E-state index in [2.05, 4.69) is 23.7 Å².